The van der Waals surface area contributed by atoms with Crippen molar-refractivity contribution in [2.24, 2.45) is 5.92 Å². The van der Waals surface area contributed by atoms with Crippen molar-refractivity contribution in [2.45, 2.75) is 13.3 Å². The van der Waals surface area contributed by atoms with E-state index in [-0.39, 0.29) is 29.9 Å². The zero-order valence-corrected chi connectivity index (χ0v) is 16.6. The van der Waals surface area contributed by atoms with Crippen molar-refractivity contribution in [2.75, 3.05) is 16.8 Å². The van der Waals surface area contributed by atoms with E-state index in [0.717, 1.165) is 23.5 Å². The molecule has 154 valence electrons. The molecular weight excluding hydrogens is 415 g/mol. The number of rotatable bonds is 4. The summed E-state index contributed by atoms with van der Waals surface area (Å²) in [5, 5.41) is 4.56. The Morgan fingerprint density at radius 1 is 1.13 bits per heavy atom. The first-order valence-corrected chi connectivity index (χ1v) is 9.98. The Morgan fingerprint density at radius 3 is 2.67 bits per heavy atom. The summed E-state index contributed by atoms with van der Waals surface area (Å²) in [7, 11) is 0. The van der Waals surface area contributed by atoms with Crippen LogP contribution in [0.5, 0.6) is 0 Å². The van der Waals surface area contributed by atoms with Crippen LogP contribution in [-0.4, -0.2) is 23.3 Å². The molecule has 1 aliphatic rings. The lowest BCUT2D eigenvalue weighted by Gasteiger charge is -2.17. The summed E-state index contributed by atoms with van der Waals surface area (Å²) in [4.78, 5) is 30.5. The van der Waals surface area contributed by atoms with Crippen molar-refractivity contribution in [1.29, 1.82) is 0 Å². The van der Waals surface area contributed by atoms with Crippen LogP contribution >= 0.6 is 11.3 Å². The number of nitrogens with one attached hydrogen (secondary N) is 1. The predicted octanol–water partition coefficient (Wildman–Crippen LogP) is 4.53. The van der Waals surface area contributed by atoms with Gasteiger partial charge in [0.15, 0.2) is 16.8 Å². The molecule has 0 radical (unpaired) electrons. The van der Waals surface area contributed by atoms with E-state index >= 15 is 0 Å². The molecule has 1 saturated heterocycles. The normalized spacial score (nSPS) is 16.2. The van der Waals surface area contributed by atoms with E-state index in [9.17, 15) is 22.8 Å². The second kappa shape index (κ2) is 7.91. The van der Waals surface area contributed by atoms with Gasteiger partial charge in [-0.15, -0.1) is 11.3 Å². The summed E-state index contributed by atoms with van der Waals surface area (Å²) in [6.45, 7) is 1.76. The van der Waals surface area contributed by atoms with Crippen LogP contribution in [0.15, 0.2) is 41.8 Å². The fourth-order valence-electron chi connectivity index (χ4n) is 3.21. The number of aryl methyl sites for hydroxylation is 1. The molecule has 0 saturated carbocycles. The molecule has 1 aliphatic heterocycles. The zero-order valence-electron chi connectivity index (χ0n) is 15.8. The number of benzene rings is 2. The molecule has 1 unspecified atom stereocenters. The van der Waals surface area contributed by atoms with Crippen molar-refractivity contribution in [3.63, 3.8) is 0 Å². The minimum Gasteiger partial charge on any atom is -0.311 e. The lowest BCUT2D eigenvalue weighted by molar-refractivity contribution is -0.122. The lowest BCUT2D eigenvalue weighted by Crippen LogP contribution is -2.28. The number of aromatic nitrogens is 1. The number of nitrogens with zero attached hydrogens (tertiary/aromatic N) is 2. The second-order valence-electron chi connectivity index (χ2n) is 6.99. The average Bonchev–Trinajstić information content (AvgIpc) is 3.33. The average molecular weight is 431 g/mol. The van der Waals surface area contributed by atoms with E-state index in [1.807, 2.05) is 0 Å². The van der Waals surface area contributed by atoms with Crippen molar-refractivity contribution < 1.29 is 22.8 Å². The number of halogens is 3. The molecule has 0 aliphatic carbocycles. The van der Waals surface area contributed by atoms with Gasteiger partial charge in [-0.05, 0) is 42.8 Å². The van der Waals surface area contributed by atoms with E-state index in [0.29, 0.717) is 22.5 Å². The van der Waals surface area contributed by atoms with Crippen LogP contribution in [0.2, 0.25) is 0 Å². The number of thiazole rings is 1. The molecule has 1 fully saturated rings. The van der Waals surface area contributed by atoms with Crippen LogP contribution in [0.3, 0.4) is 0 Å². The molecular formula is C21H16F3N3O2S. The molecule has 0 bridgehead atoms. The summed E-state index contributed by atoms with van der Waals surface area (Å²) < 4.78 is 40.3. The maximum Gasteiger partial charge on any atom is 0.231 e. The van der Waals surface area contributed by atoms with Gasteiger partial charge in [0, 0.05) is 29.6 Å². The summed E-state index contributed by atoms with van der Waals surface area (Å²) in [5.74, 6) is -3.61. The molecule has 2 amide bonds. The van der Waals surface area contributed by atoms with Gasteiger partial charge in [0.05, 0.1) is 11.6 Å². The second-order valence-corrected chi connectivity index (χ2v) is 7.85. The summed E-state index contributed by atoms with van der Waals surface area (Å²) >= 11 is 1.14. The molecule has 4 rings (SSSR count). The van der Waals surface area contributed by atoms with E-state index < -0.39 is 23.4 Å². The fraction of sp³-hybridized carbons (Fsp3) is 0.190. The third kappa shape index (κ3) is 3.93. The first-order valence-electron chi connectivity index (χ1n) is 9.10. The third-order valence-corrected chi connectivity index (χ3v) is 5.67. The Labute approximate surface area is 174 Å². The third-order valence-electron chi connectivity index (χ3n) is 4.91. The molecule has 1 atom stereocenters. The molecule has 5 nitrogen and oxygen atoms in total. The number of hydrogen-bond donors (Lipinski definition) is 1. The van der Waals surface area contributed by atoms with Crippen molar-refractivity contribution in [1.82, 2.24) is 4.98 Å². The lowest BCUT2D eigenvalue weighted by atomic mass is 10.1. The van der Waals surface area contributed by atoms with E-state index in [1.165, 1.54) is 17.0 Å². The standard InChI is InChI=1S/C21H16F3N3O2S/c1-11-2-4-14(8-16(11)23)27-9-13(7-19(27)28)20(29)26-21-25-18(10-30-21)12-3-5-15(22)17(24)6-12/h2-6,8,10,13H,7,9H2,1H3,(H,25,26,29). The smallest absolute Gasteiger partial charge is 0.231 e. The highest BCUT2D eigenvalue weighted by Gasteiger charge is 2.35. The van der Waals surface area contributed by atoms with Crippen molar-refractivity contribution in [3.05, 3.63) is 64.8 Å². The maximum absolute atomic E-state index is 13.8. The molecule has 9 heteroatoms. The molecule has 3 aromatic rings. The Balaban J connectivity index is 1.44. The minimum absolute atomic E-state index is 0.00271. The summed E-state index contributed by atoms with van der Waals surface area (Å²) in [6.07, 6.45) is 0.00271. The Morgan fingerprint density at radius 2 is 1.93 bits per heavy atom. The number of amides is 2. The van der Waals surface area contributed by atoms with Crippen LogP contribution in [0.4, 0.5) is 24.0 Å². The molecule has 1 aromatic heterocycles. The monoisotopic (exact) mass is 431 g/mol. The van der Waals surface area contributed by atoms with Crippen molar-refractivity contribution >= 4 is 34.0 Å². The number of carbonyl (C=O) groups excluding carboxylic acids is 2. The molecule has 0 spiro atoms. The number of carbonyl (C=O) groups is 2. The van der Waals surface area contributed by atoms with E-state index in [1.54, 1.807) is 24.4 Å². The summed E-state index contributed by atoms with van der Waals surface area (Å²) in [6, 6.07) is 7.95. The summed E-state index contributed by atoms with van der Waals surface area (Å²) in [5.41, 5.74) is 1.66. The predicted molar refractivity (Wildman–Crippen MR) is 108 cm³/mol. The molecule has 2 heterocycles. The van der Waals surface area contributed by atoms with Gasteiger partial charge in [0.25, 0.3) is 0 Å². The molecule has 30 heavy (non-hydrogen) atoms. The van der Waals surface area contributed by atoms with Gasteiger partial charge in [-0.1, -0.05) is 6.07 Å². The van der Waals surface area contributed by atoms with Crippen LogP contribution in [0.1, 0.15) is 12.0 Å². The zero-order chi connectivity index (χ0) is 21.4. The highest BCUT2D eigenvalue weighted by atomic mass is 32.1. The first-order chi connectivity index (χ1) is 14.3. The quantitative estimate of drug-likeness (QED) is 0.660. The van der Waals surface area contributed by atoms with Gasteiger partial charge >= 0.3 is 0 Å². The van der Waals surface area contributed by atoms with Crippen LogP contribution < -0.4 is 10.2 Å². The Kier molecular flexibility index (Phi) is 5.29. The van der Waals surface area contributed by atoms with Gasteiger partial charge in [0.1, 0.15) is 5.82 Å². The molecule has 2 aromatic carbocycles. The largest absolute Gasteiger partial charge is 0.311 e. The fourth-order valence-corrected chi connectivity index (χ4v) is 3.93. The van der Waals surface area contributed by atoms with E-state index in [4.69, 9.17) is 0 Å². The molecule has 1 N–H and O–H groups in total. The highest BCUT2D eigenvalue weighted by molar-refractivity contribution is 7.14. The minimum atomic E-state index is -0.983. The van der Waals surface area contributed by atoms with Gasteiger partial charge in [-0.3, -0.25) is 9.59 Å². The van der Waals surface area contributed by atoms with Crippen LogP contribution in [0, 0.1) is 30.3 Å². The van der Waals surface area contributed by atoms with Gasteiger partial charge in [-0.25, -0.2) is 18.2 Å². The number of anilines is 2. The van der Waals surface area contributed by atoms with Crippen LogP contribution in [0.25, 0.3) is 11.3 Å². The Hall–Kier alpha value is -3.20. The van der Waals surface area contributed by atoms with Gasteiger partial charge in [-0.2, -0.15) is 0 Å². The topological polar surface area (TPSA) is 62.3 Å². The van der Waals surface area contributed by atoms with E-state index in [2.05, 4.69) is 10.3 Å². The van der Waals surface area contributed by atoms with Crippen molar-refractivity contribution in [3.8, 4) is 11.3 Å². The highest BCUT2D eigenvalue weighted by Crippen LogP contribution is 2.29. The Bertz CT molecular complexity index is 1150. The number of hydrogen-bond acceptors (Lipinski definition) is 4. The van der Waals surface area contributed by atoms with Crippen LogP contribution in [-0.2, 0) is 9.59 Å². The van der Waals surface area contributed by atoms with Gasteiger partial charge < -0.3 is 10.2 Å². The van der Waals surface area contributed by atoms with Gasteiger partial charge in [0.2, 0.25) is 11.8 Å². The SMILES string of the molecule is Cc1ccc(N2CC(C(=O)Nc3nc(-c4ccc(F)c(F)c4)cs3)CC2=O)cc1F. The first kappa shape index (κ1) is 20.1. The maximum atomic E-state index is 13.8.